The summed E-state index contributed by atoms with van der Waals surface area (Å²) in [6, 6.07) is 3.59. The molecule has 0 radical (unpaired) electrons. The lowest BCUT2D eigenvalue weighted by Crippen LogP contribution is -1.98. The molecule has 0 bridgehead atoms. The van der Waals surface area contributed by atoms with E-state index in [4.69, 9.17) is 0 Å². The van der Waals surface area contributed by atoms with Crippen molar-refractivity contribution in [3.63, 3.8) is 0 Å². The summed E-state index contributed by atoms with van der Waals surface area (Å²) in [5, 5.41) is 14.8. The van der Waals surface area contributed by atoms with Gasteiger partial charge in [-0.1, -0.05) is 0 Å². The number of rotatable bonds is 2. The van der Waals surface area contributed by atoms with Crippen molar-refractivity contribution < 1.29 is 4.92 Å². The minimum Gasteiger partial charge on any atom is -0.259 e. The smallest absolute Gasteiger partial charge is 0.259 e. The Morgan fingerprint density at radius 1 is 1.38 bits per heavy atom. The molecule has 0 saturated heterocycles. The molecule has 0 atom stereocenters. The first-order chi connectivity index (χ1) is 7.59. The summed E-state index contributed by atoms with van der Waals surface area (Å²) >= 11 is 0. The Morgan fingerprint density at radius 3 is 2.69 bits per heavy atom. The molecule has 6 heteroatoms. The van der Waals surface area contributed by atoms with Crippen molar-refractivity contribution in [2.75, 3.05) is 0 Å². The maximum Gasteiger partial charge on any atom is 0.310 e. The maximum atomic E-state index is 10.7. The number of nitrogens with zero attached hydrogens (tertiary/aromatic N) is 4. The topological polar surface area (TPSA) is 73.8 Å². The summed E-state index contributed by atoms with van der Waals surface area (Å²) in [5.41, 5.74) is 1.94. The van der Waals surface area contributed by atoms with E-state index in [-0.39, 0.29) is 5.69 Å². The number of hydrogen-bond acceptors (Lipinski definition) is 4. The van der Waals surface area contributed by atoms with Gasteiger partial charge in [0.25, 0.3) is 0 Å². The van der Waals surface area contributed by atoms with E-state index < -0.39 is 4.92 Å². The standard InChI is InChI=1S/C10H10N4O2/c1-7-9(4-3-5-11-7)13-6-10(14(15)16)8(2)12-13/h3-6H,1-2H3. The molecule has 0 spiro atoms. The van der Waals surface area contributed by atoms with Crippen molar-refractivity contribution in [3.8, 4) is 5.69 Å². The first kappa shape index (κ1) is 10.3. The summed E-state index contributed by atoms with van der Waals surface area (Å²) in [4.78, 5) is 14.4. The lowest BCUT2D eigenvalue weighted by molar-refractivity contribution is -0.385. The predicted molar refractivity (Wildman–Crippen MR) is 57.5 cm³/mol. The van der Waals surface area contributed by atoms with Crippen molar-refractivity contribution in [2.45, 2.75) is 13.8 Å². The molecule has 0 aliphatic heterocycles. The van der Waals surface area contributed by atoms with Gasteiger partial charge >= 0.3 is 5.69 Å². The quantitative estimate of drug-likeness (QED) is 0.569. The highest BCUT2D eigenvalue weighted by Gasteiger charge is 2.16. The molecule has 0 aliphatic carbocycles. The molecule has 0 unspecified atom stereocenters. The van der Waals surface area contributed by atoms with Crippen LogP contribution in [0.5, 0.6) is 0 Å². The molecule has 0 fully saturated rings. The molecular weight excluding hydrogens is 208 g/mol. The van der Waals surface area contributed by atoms with E-state index in [0.717, 1.165) is 11.4 Å². The summed E-state index contributed by atoms with van der Waals surface area (Å²) in [5.74, 6) is 0. The van der Waals surface area contributed by atoms with Gasteiger partial charge in [0.1, 0.15) is 11.9 Å². The van der Waals surface area contributed by atoms with Crippen LogP contribution in [0.4, 0.5) is 5.69 Å². The van der Waals surface area contributed by atoms with Gasteiger partial charge in [-0.2, -0.15) is 5.10 Å². The Morgan fingerprint density at radius 2 is 2.12 bits per heavy atom. The summed E-state index contributed by atoms with van der Waals surface area (Å²) in [6.07, 6.45) is 3.07. The minimum atomic E-state index is -0.440. The van der Waals surface area contributed by atoms with E-state index in [1.165, 1.54) is 10.9 Å². The summed E-state index contributed by atoms with van der Waals surface area (Å²) in [7, 11) is 0. The monoisotopic (exact) mass is 218 g/mol. The van der Waals surface area contributed by atoms with E-state index in [1.54, 1.807) is 19.2 Å². The van der Waals surface area contributed by atoms with Crippen LogP contribution < -0.4 is 0 Å². The second kappa shape index (κ2) is 3.73. The Kier molecular flexibility index (Phi) is 2.40. The molecule has 0 saturated carbocycles. The van der Waals surface area contributed by atoms with Crippen LogP contribution in [-0.2, 0) is 0 Å². The third kappa shape index (κ3) is 1.65. The molecule has 2 heterocycles. The van der Waals surface area contributed by atoms with E-state index in [9.17, 15) is 10.1 Å². The zero-order valence-corrected chi connectivity index (χ0v) is 8.91. The number of pyridine rings is 1. The highest BCUT2D eigenvalue weighted by molar-refractivity contribution is 5.40. The Bertz CT molecular complexity index is 548. The third-order valence-electron chi connectivity index (χ3n) is 2.30. The molecule has 0 aromatic carbocycles. The minimum absolute atomic E-state index is 0.0169. The predicted octanol–water partition coefficient (Wildman–Crippen LogP) is 1.79. The van der Waals surface area contributed by atoms with Crippen LogP contribution in [0.25, 0.3) is 5.69 Å². The van der Waals surface area contributed by atoms with Crippen LogP contribution in [0.2, 0.25) is 0 Å². The van der Waals surface area contributed by atoms with E-state index >= 15 is 0 Å². The molecule has 0 amide bonds. The van der Waals surface area contributed by atoms with Gasteiger partial charge in [-0.25, -0.2) is 4.68 Å². The molecule has 6 nitrogen and oxygen atoms in total. The first-order valence-electron chi connectivity index (χ1n) is 4.72. The average molecular weight is 218 g/mol. The number of hydrogen-bond donors (Lipinski definition) is 0. The molecule has 2 aromatic heterocycles. The van der Waals surface area contributed by atoms with Gasteiger partial charge in [0.2, 0.25) is 0 Å². The van der Waals surface area contributed by atoms with Gasteiger partial charge in [0, 0.05) is 6.20 Å². The zero-order valence-electron chi connectivity index (χ0n) is 8.91. The number of nitro groups is 1. The molecule has 16 heavy (non-hydrogen) atoms. The fourth-order valence-electron chi connectivity index (χ4n) is 1.47. The van der Waals surface area contributed by atoms with Crippen LogP contribution in [0.1, 0.15) is 11.4 Å². The largest absolute Gasteiger partial charge is 0.310 e. The average Bonchev–Trinajstić information content (AvgIpc) is 2.61. The van der Waals surface area contributed by atoms with Crippen molar-refractivity contribution in [1.29, 1.82) is 0 Å². The molecule has 0 aliphatic rings. The molecule has 2 rings (SSSR count). The van der Waals surface area contributed by atoms with Crippen LogP contribution in [0.3, 0.4) is 0 Å². The second-order valence-corrected chi connectivity index (χ2v) is 3.41. The van der Waals surface area contributed by atoms with Crippen molar-refractivity contribution in [1.82, 2.24) is 14.8 Å². The fourth-order valence-corrected chi connectivity index (χ4v) is 1.47. The lowest BCUT2D eigenvalue weighted by atomic mass is 10.3. The molecule has 0 N–H and O–H groups in total. The molecule has 82 valence electrons. The van der Waals surface area contributed by atoms with E-state index in [2.05, 4.69) is 10.1 Å². The van der Waals surface area contributed by atoms with Gasteiger partial charge in [-0.3, -0.25) is 15.1 Å². The Balaban J connectivity index is 2.54. The highest BCUT2D eigenvalue weighted by Crippen LogP contribution is 2.19. The van der Waals surface area contributed by atoms with Gasteiger partial charge in [0.05, 0.1) is 16.3 Å². The van der Waals surface area contributed by atoms with E-state index in [1.807, 2.05) is 13.0 Å². The van der Waals surface area contributed by atoms with Crippen molar-refractivity contribution in [3.05, 3.63) is 46.0 Å². The van der Waals surface area contributed by atoms with Gasteiger partial charge < -0.3 is 0 Å². The van der Waals surface area contributed by atoms with Crippen LogP contribution in [0.15, 0.2) is 24.5 Å². The number of aromatic nitrogens is 3. The maximum absolute atomic E-state index is 10.7. The van der Waals surface area contributed by atoms with Gasteiger partial charge in [0.15, 0.2) is 0 Å². The van der Waals surface area contributed by atoms with Gasteiger partial charge in [-0.05, 0) is 26.0 Å². The molecular formula is C10H10N4O2. The summed E-state index contributed by atoms with van der Waals surface area (Å²) < 4.78 is 1.48. The van der Waals surface area contributed by atoms with E-state index in [0.29, 0.717) is 5.69 Å². The van der Waals surface area contributed by atoms with Gasteiger partial charge in [-0.15, -0.1) is 0 Å². The Hall–Kier alpha value is -2.24. The fraction of sp³-hybridized carbons (Fsp3) is 0.200. The summed E-state index contributed by atoms with van der Waals surface area (Å²) in [6.45, 7) is 3.44. The zero-order chi connectivity index (χ0) is 11.7. The van der Waals surface area contributed by atoms with Crippen LogP contribution in [-0.4, -0.2) is 19.7 Å². The number of aryl methyl sites for hydroxylation is 2. The van der Waals surface area contributed by atoms with Crippen LogP contribution in [0, 0.1) is 24.0 Å². The third-order valence-corrected chi connectivity index (χ3v) is 2.30. The highest BCUT2D eigenvalue weighted by atomic mass is 16.6. The Labute approximate surface area is 91.7 Å². The van der Waals surface area contributed by atoms with Crippen molar-refractivity contribution >= 4 is 5.69 Å². The normalized spacial score (nSPS) is 10.4. The SMILES string of the molecule is Cc1ncccc1-n1cc([N+](=O)[O-])c(C)n1. The second-order valence-electron chi connectivity index (χ2n) is 3.41. The van der Waals surface area contributed by atoms with Crippen molar-refractivity contribution in [2.24, 2.45) is 0 Å². The first-order valence-corrected chi connectivity index (χ1v) is 4.72. The molecule has 2 aromatic rings. The van der Waals surface area contributed by atoms with Crippen LogP contribution >= 0.6 is 0 Å². The lowest BCUT2D eigenvalue weighted by Gasteiger charge is -2.02.